The van der Waals surface area contributed by atoms with Crippen molar-refractivity contribution in [2.75, 3.05) is 36.9 Å². The molecule has 2 aromatic rings. The number of nitrogens with zero attached hydrogens (tertiary/aromatic N) is 4. The molecular formula is C9H11N5OS. The molecule has 7 heteroatoms. The van der Waals surface area contributed by atoms with Crippen molar-refractivity contribution in [2.24, 2.45) is 0 Å². The Hall–Kier alpha value is -1.47. The average molecular weight is 237 g/mol. The Morgan fingerprint density at radius 2 is 2.12 bits per heavy atom. The second kappa shape index (κ2) is 3.84. The van der Waals surface area contributed by atoms with E-state index in [1.165, 1.54) is 11.3 Å². The van der Waals surface area contributed by atoms with Gasteiger partial charge in [0.1, 0.15) is 11.8 Å². The van der Waals surface area contributed by atoms with Crippen molar-refractivity contribution < 1.29 is 4.74 Å². The second-order valence-electron chi connectivity index (χ2n) is 3.50. The van der Waals surface area contributed by atoms with Crippen LogP contribution in [0.4, 0.5) is 10.9 Å². The predicted molar refractivity (Wildman–Crippen MR) is 62.7 cm³/mol. The zero-order chi connectivity index (χ0) is 11.0. The van der Waals surface area contributed by atoms with E-state index in [-0.39, 0.29) is 0 Å². The van der Waals surface area contributed by atoms with E-state index in [9.17, 15) is 0 Å². The summed E-state index contributed by atoms with van der Waals surface area (Å²) >= 11 is 1.39. The Labute approximate surface area is 96.1 Å². The van der Waals surface area contributed by atoms with Crippen molar-refractivity contribution in [1.82, 2.24) is 15.0 Å². The molecule has 0 saturated carbocycles. The lowest BCUT2D eigenvalue weighted by Crippen LogP contribution is -2.36. The highest BCUT2D eigenvalue weighted by atomic mass is 32.1. The number of morpholine rings is 1. The van der Waals surface area contributed by atoms with Crippen molar-refractivity contribution >= 4 is 32.6 Å². The van der Waals surface area contributed by atoms with Crippen LogP contribution >= 0.6 is 11.3 Å². The van der Waals surface area contributed by atoms with Gasteiger partial charge < -0.3 is 15.4 Å². The summed E-state index contributed by atoms with van der Waals surface area (Å²) < 4.78 is 5.31. The molecule has 0 unspecified atom stereocenters. The molecule has 1 fully saturated rings. The lowest BCUT2D eigenvalue weighted by molar-refractivity contribution is 0.122. The van der Waals surface area contributed by atoms with Crippen LogP contribution in [0.1, 0.15) is 0 Å². The molecule has 2 N–H and O–H groups in total. The van der Waals surface area contributed by atoms with Gasteiger partial charge in [-0.05, 0) is 0 Å². The lowest BCUT2D eigenvalue weighted by Gasteiger charge is -2.27. The first-order valence-corrected chi connectivity index (χ1v) is 5.86. The summed E-state index contributed by atoms with van der Waals surface area (Å²) in [4.78, 5) is 15.7. The van der Waals surface area contributed by atoms with Crippen LogP contribution in [0.2, 0.25) is 0 Å². The molecule has 1 aliphatic rings. The van der Waals surface area contributed by atoms with Crippen LogP contribution < -0.4 is 10.6 Å². The molecule has 1 saturated heterocycles. The Morgan fingerprint density at radius 3 is 2.94 bits per heavy atom. The zero-order valence-corrected chi connectivity index (χ0v) is 9.40. The smallest absolute Gasteiger partial charge is 0.182 e. The third-order valence-electron chi connectivity index (χ3n) is 2.50. The quantitative estimate of drug-likeness (QED) is 0.778. The fourth-order valence-electron chi connectivity index (χ4n) is 1.77. The monoisotopic (exact) mass is 237 g/mol. The molecule has 0 amide bonds. The van der Waals surface area contributed by atoms with Gasteiger partial charge in [0, 0.05) is 13.1 Å². The van der Waals surface area contributed by atoms with Crippen molar-refractivity contribution in [3.05, 3.63) is 6.33 Å². The first-order chi connectivity index (χ1) is 7.84. The van der Waals surface area contributed by atoms with Crippen molar-refractivity contribution in [3.8, 4) is 0 Å². The minimum absolute atomic E-state index is 0.532. The van der Waals surface area contributed by atoms with Crippen LogP contribution in [0.3, 0.4) is 0 Å². The fourth-order valence-corrected chi connectivity index (χ4v) is 2.43. The molecule has 0 radical (unpaired) electrons. The van der Waals surface area contributed by atoms with Crippen LogP contribution in [0.15, 0.2) is 6.33 Å². The minimum atomic E-state index is 0.532. The Kier molecular flexibility index (Phi) is 2.33. The van der Waals surface area contributed by atoms with Crippen molar-refractivity contribution in [3.63, 3.8) is 0 Å². The van der Waals surface area contributed by atoms with Crippen LogP contribution in [0.5, 0.6) is 0 Å². The first kappa shape index (κ1) is 9.73. The Morgan fingerprint density at radius 1 is 1.31 bits per heavy atom. The fraction of sp³-hybridized carbons (Fsp3) is 0.444. The molecule has 0 atom stereocenters. The number of hydrogen-bond donors (Lipinski definition) is 1. The van der Waals surface area contributed by atoms with E-state index in [0.29, 0.717) is 5.13 Å². The van der Waals surface area contributed by atoms with Gasteiger partial charge in [-0.15, -0.1) is 0 Å². The number of anilines is 2. The van der Waals surface area contributed by atoms with E-state index in [2.05, 4.69) is 19.9 Å². The molecule has 1 aliphatic heterocycles. The maximum Gasteiger partial charge on any atom is 0.182 e. The molecule has 0 aromatic carbocycles. The highest BCUT2D eigenvalue weighted by Crippen LogP contribution is 2.28. The number of hydrogen-bond acceptors (Lipinski definition) is 7. The molecule has 0 aliphatic carbocycles. The minimum Gasteiger partial charge on any atom is -0.378 e. The summed E-state index contributed by atoms with van der Waals surface area (Å²) in [7, 11) is 0. The van der Waals surface area contributed by atoms with E-state index in [1.807, 2.05) is 0 Å². The van der Waals surface area contributed by atoms with E-state index in [0.717, 1.165) is 42.5 Å². The second-order valence-corrected chi connectivity index (χ2v) is 4.51. The number of nitrogen functional groups attached to an aromatic ring is 1. The van der Waals surface area contributed by atoms with Gasteiger partial charge in [-0.3, -0.25) is 0 Å². The predicted octanol–water partition coefficient (Wildman–Crippen LogP) is 0.505. The zero-order valence-electron chi connectivity index (χ0n) is 8.59. The number of nitrogens with two attached hydrogens (primary N) is 1. The molecule has 2 aromatic heterocycles. The summed E-state index contributed by atoms with van der Waals surface area (Å²) in [5, 5.41) is 0.532. The molecule has 16 heavy (non-hydrogen) atoms. The summed E-state index contributed by atoms with van der Waals surface area (Å²) in [6, 6.07) is 0. The van der Waals surface area contributed by atoms with Crippen molar-refractivity contribution in [1.29, 1.82) is 0 Å². The van der Waals surface area contributed by atoms with Crippen molar-refractivity contribution in [2.45, 2.75) is 0 Å². The van der Waals surface area contributed by atoms with Gasteiger partial charge in [0.15, 0.2) is 15.8 Å². The summed E-state index contributed by atoms with van der Waals surface area (Å²) in [5.74, 6) is 0.862. The van der Waals surface area contributed by atoms with Gasteiger partial charge in [0.25, 0.3) is 0 Å². The SMILES string of the molecule is Nc1nc2c(N3CCOCC3)ncnc2s1. The maximum atomic E-state index is 5.69. The standard InChI is InChI=1S/C9H11N5OS/c10-9-13-6-7(11-5-12-8(6)16-9)14-1-3-15-4-2-14/h5H,1-4H2,(H2,10,13). The Bertz CT molecular complexity index is 508. The largest absolute Gasteiger partial charge is 0.378 e. The lowest BCUT2D eigenvalue weighted by atomic mass is 10.4. The molecule has 6 nitrogen and oxygen atoms in total. The summed E-state index contributed by atoms with van der Waals surface area (Å²) in [6.07, 6.45) is 1.56. The number of ether oxygens (including phenoxy) is 1. The topological polar surface area (TPSA) is 77.2 Å². The third-order valence-corrected chi connectivity index (χ3v) is 3.30. The van der Waals surface area contributed by atoms with Crippen LogP contribution in [0.25, 0.3) is 10.3 Å². The van der Waals surface area contributed by atoms with Crippen LogP contribution in [-0.4, -0.2) is 41.3 Å². The van der Waals surface area contributed by atoms with Gasteiger partial charge in [-0.25, -0.2) is 15.0 Å². The summed E-state index contributed by atoms with van der Waals surface area (Å²) in [5.41, 5.74) is 6.48. The first-order valence-electron chi connectivity index (χ1n) is 5.04. The van der Waals surface area contributed by atoms with E-state index < -0.39 is 0 Å². The van der Waals surface area contributed by atoms with Gasteiger partial charge in [-0.2, -0.15) is 0 Å². The average Bonchev–Trinajstić information content (AvgIpc) is 2.70. The maximum absolute atomic E-state index is 5.69. The number of fused-ring (bicyclic) bond motifs is 1. The molecule has 0 bridgehead atoms. The third kappa shape index (κ3) is 1.57. The molecule has 0 spiro atoms. The van der Waals surface area contributed by atoms with Gasteiger partial charge in [0.2, 0.25) is 0 Å². The Balaban J connectivity index is 2.07. The van der Waals surface area contributed by atoms with Crippen LogP contribution in [0, 0.1) is 0 Å². The number of thiazole rings is 1. The normalized spacial score (nSPS) is 16.9. The highest BCUT2D eigenvalue weighted by molar-refractivity contribution is 7.21. The number of rotatable bonds is 1. The van der Waals surface area contributed by atoms with E-state index >= 15 is 0 Å². The highest BCUT2D eigenvalue weighted by Gasteiger charge is 2.17. The summed E-state index contributed by atoms with van der Waals surface area (Å²) in [6.45, 7) is 3.13. The molecule has 84 valence electrons. The number of aromatic nitrogens is 3. The van der Waals surface area contributed by atoms with Gasteiger partial charge >= 0.3 is 0 Å². The molecular weight excluding hydrogens is 226 g/mol. The molecule has 3 heterocycles. The van der Waals surface area contributed by atoms with E-state index in [4.69, 9.17) is 10.5 Å². The van der Waals surface area contributed by atoms with Gasteiger partial charge in [0.05, 0.1) is 13.2 Å². The van der Waals surface area contributed by atoms with Gasteiger partial charge in [-0.1, -0.05) is 11.3 Å². The molecule has 3 rings (SSSR count). The van der Waals surface area contributed by atoms with E-state index in [1.54, 1.807) is 6.33 Å². The van der Waals surface area contributed by atoms with Crippen LogP contribution in [-0.2, 0) is 4.74 Å².